The maximum Gasteiger partial charge on any atom is 0.282 e. The number of carbonyl (C=O) groups excluding carboxylic acids is 1. The minimum Gasteiger partial charge on any atom is -0.373 e. The number of nitrogens with zero attached hydrogens (tertiary/aromatic N) is 3. The molecule has 0 N–H and O–H groups in total. The molecule has 2 aliphatic heterocycles. The van der Waals surface area contributed by atoms with Crippen molar-refractivity contribution >= 4 is 27.7 Å². The Balaban J connectivity index is 1.50. The lowest BCUT2D eigenvalue weighted by Crippen LogP contribution is -2.57. The van der Waals surface area contributed by atoms with Crippen molar-refractivity contribution in [3.05, 3.63) is 34.9 Å². The highest BCUT2D eigenvalue weighted by atomic mass is 35.5. The van der Waals surface area contributed by atoms with Crippen LogP contribution in [0.4, 0.5) is 0 Å². The first-order chi connectivity index (χ1) is 13.3. The summed E-state index contributed by atoms with van der Waals surface area (Å²) in [4.78, 5) is 14.2. The summed E-state index contributed by atoms with van der Waals surface area (Å²) < 4.78 is 34.5. The Morgan fingerprint density at radius 1 is 1.04 bits per heavy atom. The minimum absolute atomic E-state index is 0.0561. The van der Waals surface area contributed by atoms with E-state index in [1.807, 2.05) is 38.1 Å². The largest absolute Gasteiger partial charge is 0.373 e. The summed E-state index contributed by atoms with van der Waals surface area (Å²) in [5.74, 6) is 0.0561. The van der Waals surface area contributed by atoms with Gasteiger partial charge in [0.1, 0.15) is 0 Å². The number of amides is 1. The van der Waals surface area contributed by atoms with Crippen LogP contribution in [0, 0.1) is 0 Å². The van der Waals surface area contributed by atoms with Crippen molar-refractivity contribution in [3.63, 3.8) is 0 Å². The van der Waals surface area contributed by atoms with Gasteiger partial charge in [-0.1, -0.05) is 23.7 Å². The highest BCUT2D eigenvalue weighted by Gasteiger charge is 2.37. The number of hydrogen-bond acceptors (Lipinski definition) is 4. The number of piperazine rings is 1. The normalized spacial score (nSPS) is 25.0. The highest BCUT2D eigenvalue weighted by Crippen LogP contribution is 2.19. The summed E-state index contributed by atoms with van der Waals surface area (Å²) in [6, 6.07) is 7.48. The van der Waals surface area contributed by atoms with Gasteiger partial charge in [0.25, 0.3) is 10.2 Å². The monoisotopic (exact) mass is 429 g/mol. The highest BCUT2D eigenvalue weighted by molar-refractivity contribution is 7.86. The average molecular weight is 430 g/mol. The van der Waals surface area contributed by atoms with Gasteiger partial charge in [0.2, 0.25) is 5.91 Å². The van der Waals surface area contributed by atoms with Gasteiger partial charge in [-0.05, 0) is 38.0 Å². The van der Waals surface area contributed by atoms with Crippen molar-refractivity contribution in [2.24, 2.45) is 0 Å². The van der Waals surface area contributed by atoms with Crippen LogP contribution in [0.2, 0.25) is 5.02 Å². The Hall–Kier alpha value is -1.19. The van der Waals surface area contributed by atoms with Crippen LogP contribution in [-0.2, 0) is 26.2 Å². The topological polar surface area (TPSA) is 70.2 Å². The lowest BCUT2D eigenvalue weighted by Gasteiger charge is -2.40. The number of ether oxygens (including phenoxy) is 1. The standard InChI is InChI=1S/C19H28ClN3O4S/c1-15-13-23(14-16(2)27-15)28(25,26)22-11-9-21(10-12-22)19(24)8-5-17-3-6-18(20)7-4-17/h3-4,6-7,15-16H,5,8-14H2,1-2H3/t15-,16-/m0/s1. The SMILES string of the molecule is C[C@H]1CN(S(=O)(=O)N2CCN(C(=O)CCc3ccc(Cl)cc3)CC2)C[C@H](C)O1. The van der Waals surface area contributed by atoms with Gasteiger partial charge in [0.15, 0.2) is 0 Å². The first kappa shape index (κ1) is 21.5. The summed E-state index contributed by atoms with van der Waals surface area (Å²) in [5, 5.41) is 0.677. The van der Waals surface area contributed by atoms with Gasteiger partial charge < -0.3 is 9.64 Å². The molecule has 2 aliphatic rings. The van der Waals surface area contributed by atoms with Crippen molar-refractivity contribution in [1.29, 1.82) is 0 Å². The van der Waals surface area contributed by atoms with Crippen LogP contribution in [0.5, 0.6) is 0 Å². The third kappa shape index (κ3) is 5.24. The summed E-state index contributed by atoms with van der Waals surface area (Å²) in [5.41, 5.74) is 1.06. The number of rotatable bonds is 5. The van der Waals surface area contributed by atoms with Crippen LogP contribution in [0.3, 0.4) is 0 Å². The Bertz CT molecular complexity index is 769. The molecule has 1 aromatic rings. The molecule has 156 valence electrons. The third-order valence-electron chi connectivity index (χ3n) is 5.17. The fourth-order valence-corrected chi connectivity index (χ4v) is 5.59. The van der Waals surface area contributed by atoms with Gasteiger partial charge in [-0.15, -0.1) is 0 Å². The van der Waals surface area contributed by atoms with E-state index in [1.165, 1.54) is 8.61 Å². The third-order valence-corrected chi connectivity index (χ3v) is 7.39. The summed E-state index contributed by atoms with van der Waals surface area (Å²) in [6.07, 6.45) is 0.828. The maximum atomic E-state index is 12.9. The minimum atomic E-state index is -3.52. The van der Waals surface area contributed by atoms with Gasteiger partial charge in [-0.2, -0.15) is 17.0 Å². The zero-order valence-electron chi connectivity index (χ0n) is 16.4. The molecule has 2 fully saturated rings. The summed E-state index contributed by atoms with van der Waals surface area (Å²) in [7, 11) is -3.52. The van der Waals surface area contributed by atoms with E-state index >= 15 is 0 Å². The molecular weight excluding hydrogens is 402 g/mol. The fraction of sp³-hybridized carbons (Fsp3) is 0.632. The Morgan fingerprint density at radius 3 is 2.18 bits per heavy atom. The van der Waals surface area contributed by atoms with Crippen molar-refractivity contribution in [2.45, 2.75) is 38.9 Å². The second kappa shape index (κ2) is 9.09. The fourth-order valence-electron chi connectivity index (χ4n) is 3.71. The second-order valence-corrected chi connectivity index (χ2v) is 9.85. The molecule has 1 amide bonds. The van der Waals surface area contributed by atoms with Crippen LogP contribution in [0.25, 0.3) is 0 Å². The molecule has 0 bridgehead atoms. The van der Waals surface area contributed by atoms with Gasteiger partial charge >= 0.3 is 0 Å². The lowest BCUT2D eigenvalue weighted by atomic mass is 10.1. The molecule has 9 heteroatoms. The molecular formula is C19H28ClN3O4S. The first-order valence-electron chi connectivity index (χ1n) is 9.68. The smallest absolute Gasteiger partial charge is 0.282 e. The Kier molecular flexibility index (Phi) is 6.98. The maximum absolute atomic E-state index is 12.9. The molecule has 0 unspecified atom stereocenters. The van der Waals surface area contributed by atoms with Crippen LogP contribution < -0.4 is 0 Å². The number of hydrogen-bond donors (Lipinski definition) is 0. The van der Waals surface area contributed by atoms with Crippen LogP contribution in [0.1, 0.15) is 25.8 Å². The number of halogens is 1. The van der Waals surface area contributed by atoms with E-state index in [2.05, 4.69) is 0 Å². The Labute approximate surface area is 172 Å². The van der Waals surface area contributed by atoms with Crippen molar-refractivity contribution in [3.8, 4) is 0 Å². The van der Waals surface area contributed by atoms with E-state index in [0.717, 1.165) is 5.56 Å². The van der Waals surface area contributed by atoms with E-state index in [0.29, 0.717) is 57.1 Å². The average Bonchev–Trinajstić information content (AvgIpc) is 2.66. The molecule has 0 saturated carbocycles. The lowest BCUT2D eigenvalue weighted by molar-refractivity contribution is -0.132. The van der Waals surface area contributed by atoms with Gasteiger partial charge in [0, 0.05) is 50.7 Å². The van der Waals surface area contributed by atoms with Crippen molar-refractivity contribution in [1.82, 2.24) is 13.5 Å². The quantitative estimate of drug-likeness (QED) is 0.715. The van der Waals surface area contributed by atoms with Gasteiger partial charge in [0.05, 0.1) is 12.2 Å². The number of carbonyl (C=O) groups is 1. The van der Waals surface area contributed by atoms with E-state index in [9.17, 15) is 13.2 Å². The van der Waals surface area contributed by atoms with Crippen LogP contribution in [0.15, 0.2) is 24.3 Å². The number of aryl methyl sites for hydroxylation is 1. The van der Waals surface area contributed by atoms with Gasteiger partial charge in [-0.3, -0.25) is 4.79 Å². The van der Waals surface area contributed by atoms with E-state index in [4.69, 9.17) is 16.3 Å². The predicted molar refractivity (Wildman–Crippen MR) is 108 cm³/mol. The molecule has 0 spiro atoms. The molecule has 2 heterocycles. The van der Waals surface area contributed by atoms with Crippen molar-refractivity contribution in [2.75, 3.05) is 39.3 Å². The van der Waals surface area contributed by atoms with Gasteiger partial charge in [-0.25, -0.2) is 0 Å². The zero-order chi connectivity index (χ0) is 20.3. The molecule has 0 aliphatic carbocycles. The van der Waals surface area contributed by atoms with Crippen molar-refractivity contribution < 1.29 is 17.9 Å². The molecule has 1 aromatic carbocycles. The Morgan fingerprint density at radius 2 is 1.61 bits per heavy atom. The molecule has 3 rings (SSSR count). The number of morpholine rings is 1. The van der Waals surface area contributed by atoms with E-state index in [1.54, 1.807) is 4.90 Å². The predicted octanol–water partition coefficient (Wildman–Crippen LogP) is 1.77. The second-order valence-electron chi connectivity index (χ2n) is 7.49. The zero-order valence-corrected chi connectivity index (χ0v) is 18.0. The van der Waals surface area contributed by atoms with Crippen LogP contribution >= 0.6 is 11.6 Å². The summed E-state index contributed by atoms with van der Waals surface area (Å²) in [6.45, 7) is 6.01. The molecule has 2 atom stereocenters. The molecule has 0 aromatic heterocycles. The molecule has 2 saturated heterocycles. The summed E-state index contributed by atoms with van der Waals surface area (Å²) >= 11 is 5.88. The molecule has 0 radical (unpaired) electrons. The first-order valence-corrected chi connectivity index (χ1v) is 11.5. The molecule has 28 heavy (non-hydrogen) atoms. The van der Waals surface area contributed by atoms with E-state index < -0.39 is 10.2 Å². The van der Waals surface area contributed by atoms with Crippen LogP contribution in [-0.4, -0.2) is 79.3 Å². The molecule has 7 nitrogen and oxygen atoms in total. The van der Waals surface area contributed by atoms with E-state index in [-0.39, 0.29) is 18.1 Å². The number of benzene rings is 1.